The molecule has 0 spiro atoms. The molecular weight excluding hydrogens is 328 g/mol. The van der Waals surface area contributed by atoms with Crippen LogP contribution in [0.4, 0.5) is 0 Å². The van der Waals surface area contributed by atoms with E-state index in [-0.39, 0.29) is 5.60 Å². The number of hydrogen-bond acceptors (Lipinski definition) is 3. The lowest BCUT2D eigenvalue weighted by molar-refractivity contribution is 0.00842. The maximum absolute atomic E-state index is 7.12. The lowest BCUT2D eigenvalue weighted by Crippen LogP contribution is -2.65. The van der Waals surface area contributed by atoms with Crippen LogP contribution in [0.15, 0.2) is 0 Å². The largest absolute Gasteiger partial charge is 0.415 e. The predicted molar refractivity (Wildman–Crippen MR) is 113 cm³/mol. The Bertz CT molecular complexity index is 358. The normalized spacial score (nSPS) is 28.5. The molecule has 0 saturated carbocycles. The molecule has 0 radical (unpaired) electrons. The summed E-state index contributed by atoms with van der Waals surface area (Å²) in [5.74, 6) is 1.37. The van der Waals surface area contributed by atoms with E-state index in [2.05, 4.69) is 64.5 Å². The molecule has 1 saturated heterocycles. The Morgan fingerprint density at radius 2 is 1.38 bits per heavy atom. The zero-order chi connectivity index (χ0) is 18.4. The zero-order valence-electron chi connectivity index (χ0n) is 17.7. The quantitative estimate of drug-likeness (QED) is 0.557. The first-order valence-electron chi connectivity index (χ1n) is 10.2. The Labute approximate surface area is 153 Å². The minimum absolute atomic E-state index is 0.127. The smallest absolute Gasteiger partial charge is 0.174 e. The van der Waals surface area contributed by atoms with E-state index in [1.165, 1.54) is 25.3 Å². The molecule has 3 nitrogen and oxygen atoms in total. The average molecular weight is 373 g/mol. The fourth-order valence-electron chi connectivity index (χ4n) is 4.14. The SMILES string of the molecule is CCNCC(C)CC1(CC(C)CNCC)CC[Si](C)(C)[Si](C)(C)O1. The van der Waals surface area contributed by atoms with E-state index in [4.69, 9.17) is 4.43 Å². The van der Waals surface area contributed by atoms with Gasteiger partial charge in [0.2, 0.25) is 0 Å². The molecule has 1 heterocycles. The highest BCUT2D eigenvalue weighted by Crippen LogP contribution is 2.45. The molecule has 0 amide bonds. The molecule has 1 aliphatic heterocycles. The lowest BCUT2D eigenvalue weighted by atomic mass is 9.82. The van der Waals surface area contributed by atoms with Gasteiger partial charge in [-0.1, -0.05) is 46.8 Å². The minimum atomic E-state index is -1.55. The van der Waals surface area contributed by atoms with Gasteiger partial charge in [0.1, 0.15) is 0 Å². The van der Waals surface area contributed by atoms with Crippen LogP contribution in [-0.4, -0.2) is 47.2 Å². The summed E-state index contributed by atoms with van der Waals surface area (Å²) in [4.78, 5) is 0. The predicted octanol–water partition coefficient (Wildman–Crippen LogP) is 4.41. The van der Waals surface area contributed by atoms with Crippen molar-refractivity contribution in [3.63, 3.8) is 0 Å². The number of nitrogens with one attached hydrogen (secondary N) is 2. The second kappa shape index (κ2) is 9.31. The summed E-state index contributed by atoms with van der Waals surface area (Å²) in [5, 5.41) is 7.06. The van der Waals surface area contributed by atoms with Gasteiger partial charge in [0.25, 0.3) is 0 Å². The third-order valence-electron chi connectivity index (χ3n) is 6.23. The molecule has 5 heteroatoms. The van der Waals surface area contributed by atoms with Crippen LogP contribution in [0.3, 0.4) is 0 Å². The Kier molecular flexibility index (Phi) is 8.67. The second-order valence-electron chi connectivity index (χ2n) is 9.41. The maximum Gasteiger partial charge on any atom is 0.174 e. The minimum Gasteiger partial charge on any atom is -0.415 e. The van der Waals surface area contributed by atoms with Crippen molar-refractivity contribution in [2.24, 2.45) is 11.8 Å². The first kappa shape index (κ1) is 22.4. The average Bonchev–Trinajstić information content (AvgIpc) is 2.47. The molecule has 1 fully saturated rings. The van der Waals surface area contributed by atoms with E-state index < -0.39 is 15.4 Å². The third-order valence-corrected chi connectivity index (χ3v) is 22.8. The van der Waals surface area contributed by atoms with E-state index in [1.54, 1.807) is 0 Å². The molecule has 24 heavy (non-hydrogen) atoms. The van der Waals surface area contributed by atoms with Gasteiger partial charge in [0.05, 0.1) is 13.2 Å². The van der Waals surface area contributed by atoms with Crippen LogP contribution in [0.5, 0.6) is 0 Å². The standard InChI is InChI=1S/C19H44N2OSi2/c1-9-20-15-17(3)13-19(14-18(4)16-21-10-2)11-12-23(5,6)24(7,8)22-19/h17-18,20-21H,9-16H2,1-8H3. The molecule has 1 rings (SSSR count). The second-order valence-corrected chi connectivity index (χ2v) is 24.6. The first-order chi connectivity index (χ1) is 11.1. The van der Waals surface area contributed by atoms with Crippen molar-refractivity contribution in [2.75, 3.05) is 26.2 Å². The molecule has 0 aromatic carbocycles. The van der Waals surface area contributed by atoms with E-state index >= 15 is 0 Å². The Balaban J connectivity index is 2.87. The van der Waals surface area contributed by atoms with Gasteiger partial charge in [-0.3, -0.25) is 0 Å². The van der Waals surface area contributed by atoms with E-state index in [0.29, 0.717) is 11.8 Å². The van der Waals surface area contributed by atoms with Gasteiger partial charge >= 0.3 is 0 Å². The van der Waals surface area contributed by atoms with Crippen molar-refractivity contribution in [1.29, 1.82) is 0 Å². The Morgan fingerprint density at radius 3 is 1.75 bits per heavy atom. The third kappa shape index (κ3) is 6.24. The monoisotopic (exact) mass is 372 g/mol. The summed E-state index contributed by atoms with van der Waals surface area (Å²) >= 11 is 0. The highest BCUT2D eigenvalue weighted by molar-refractivity contribution is 7.38. The first-order valence-corrected chi connectivity index (χ1v) is 17.3. The van der Waals surface area contributed by atoms with Gasteiger partial charge < -0.3 is 15.1 Å². The van der Waals surface area contributed by atoms with E-state index in [9.17, 15) is 0 Å². The van der Waals surface area contributed by atoms with E-state index in [0.717, 1.165) is 26.2 Å². The van der Waals surface area contributed by atoms with Gasteiger partial charge in [-0.25, -0.2) is 0 Å². The summed E-state index contributed by atoms with van der Waals surface area (Å²) in [7, 11) is -2.73. The molecule has 0 aromatic rings. The van der Waals surface area contributed by atoms with Crippen LogP contribution in [0.25, 0.3) is 0 Å². The lowest BCUT2D eigenvalue weighted by Gasteiger charge is -2.54. The highest BCUT2D eigenvalue weighted by atomic mass is 29.3. The van der Waals surface area contributed by atoms with E-state index in [1.807, 2.05) is 0 Å². The summed E-state index contributed by atoms with van der Waals surface area (Å²) in [6, 6.07) is 1.45. The summed E-state index contributed by atoms with van der Waals surface area (Å²) in [6.07, 6.45) is 3.73. The Morgan fingerprint density at radius 1 is 0.917 bits per heavy atom. The van der Waals surface area contributed by atoms with Crippen molar-refractivity contribution in [3.05, 3.63) is 0 Å². The summed E-state index contributed by atoms with van der Waals surface area (Å²) in [5.41, 5.74) is 0.127. The molecular formula is C19H44N2OSi2. The van der Waals surface area contributed by atoms with Crippen LogP contribution in [0.2, 0.25) is 32.2 Å². The fraction of sp³-hybridized carbons (Fsp3) is 1.00. The van der Waals surface area contributed by atoms with Gasteiger partial charge in [0, 0.05) is 0 Å². The molecule has 144 valence electrons. The van der Waals surface area contributed by atoms with Crippen molar-refractivity contribution in [3.8, 4) is 0 Å². The van der Waals surface area contributed by atoms with Crippen LogP contribution in [0.1, 0.15) is 47.0 Å². The Hall–Kier alpha value is 0.314. The van der Waals surface area contributed by atoms with Crippen molar-refractivity contribution >= 4 is 15.4 Å². The van der Waals surface area contributed by atoms with Gasteiger partial charge in [0.15, 0.2) is 7.83 Å². The molecule has 2 atom stereocenters. The van der Waals surface area contributed by atoms with Crippen LogP contribution >= 0.6 is 0 Å². The molecule has 0 aromatic heterocycles. The van der Waals surface area contributed by atoms with Gasteiger partial charge in [-0.2, -0.15) is 0 Å². The molecule has 0 aliphatic carbocycles. The number of rotatable bonds is 10. The maximum atomic E-state index is 7.12. The van der Waals surface area contributed by atoms with Gasteiger partial charge in [-0.05, 0) is 70.4 Å². The number of hydrogen-bond donors (Lipinski definition) is 2. The molecule has 2 N–H and O–H groups in total. The van der Waals surface area contributed by atoms with Crippen molar-refractivity contribution < 1.29 is 4.43 Å². The topological polar surface area (TPSA) is 33.3 Å². The summed E-state index contributed by atoms with van der Waals surface area (Å²) < 4.78 is 7.12. The molecule has 0 bridgehead atoms. The fourth-order valence-corrected chi connectivity index (χ4v) is 11.1. The van der Waals surface area contributed by atoms with Crippen LogP contribution in [0, 0.1) is 11.8 Å². The zero-order valence-corrected chi connectivity index (χ0v) is 19.7. The molecule has 2 unspecified atom stereocenters. The van der Waals surface area contributed by atoms with Crippen molar-refractivity contribution in [1.82, 2.24) is 10.6 Å². The van der Waals surface area contributed by atoms with Gasteiger partial charge in [-0.15, -0.1) is 0 Å². The molecule has 1 aliphatic rings. The van der Waals surface area contributed by atoms with Crippen molar-refractivity contribution in [2.45, 2.75) is 84.8 Å². The van der Waals surface area contributed by atoms with Crippen LogP contribution < -0.4 is 10.6 Å². The highest BCUT2D eigenvalue weighted by Gasteiger charge is 2.53. The van der Waals surface area contributed by atoms with Crippen LogP contribution in [-0.2, 0) is 4.43 Å². The summed E-state index contributed by atoms with van der Waals surface area (Å²) in [6.45, 7) is 23.7.